The third kappa shape index (κ3) is 4.31. The van der Waals surface area contributed by atoms with Gasteiger partial charge in [0.15, 0.2) is 0 Å². The topological polar surface area (TPSA) is 73.6 Å². The van der Waals surface area contributed by atoms with Crippen LogP contribution in [0.4, 0.5) is 0 Å². The molecule has 0 bridgehead atoms. The molecule has 0 unspecified atom stereocenters. The van der Waals surface area contributed by atoms with Gasteiger partial charge in [-0.2, -0.15) is 5.26 Å². The molecular formula is C18H18N2O3. The second-order valence-electron chi connectivity index (χ2n) is 5.03. The van der Waals surface area contributed by atoms with Gasteiger partial charge in [-0.05, 0) is 30.3 Å². The van der Waals surface area contributed by atoms with Crippen LogP contribution in [0.25, 0.3) is 0 Å². The Bertz CT molecular complexity index is 705. The number of nitrogens with zero attached hydrogens (tertiary/aromatic N) is 2. The van der Waals surface area contributed by atoms with E-state index in [0.29, 0.717) is 30.0 Å². The van der Waals surface area contributed by atoms with E-state index in [4.69, 9.17) is 15.1 Å². The van der Waals surface area contributed by atoms with Crippen LogP contribution in [0.2, 0.25) is 0 Å². The Hall–Kier alpha value is -2.84. The first kappa shape index (κ1) is 16.5. The van der Waals surface area contributed by atoms with Gasteiger partial charge in [0, 0.05) is 24.7 Å². The number of nitriles is 1. The zero-order chi connectivity index (χ0) is 16.7. The SMILES string of the molecule is CN(CCO)C(=O)c1ccc(OCc2ccccc2C#N)cc1. The van der Waals surface area contributed by atoms with Gasteiger partial charge < -0.3 is 14.7 Å². The molecule has 0 atom stereocenters. The number of likely N-dealkylation sites (N-methyl/N-ethyl adjacent to an activating group) is 1. The fourth-order valence-electron chi connectivity index (χ4n) is 2.08. The quantitative estimate of drug-likeness (QED) is 0.887. The Kier molecular flexibility index (Phi) is 5.73. The van der Waals surface area contributed by atoms with Crippen LogP contribution in [0.3, 0.4) is 0 Å². The lowest BCUT2D eigenvalue weighted by Gasteiger charge is -2.15. The average Bonchev–Trinajstić information content (AvgIpc) is 2.60. The van der Waals surface area contributed by atoms with E-state index in [0.717, 1.165) is 5.56 Å². The van der Waals surface area contributed by atoms with Gasteiger partial charge in [-0.25, -0.2) is 0 Å². The van der Waals surface area contributed by atoms with Crippen molar-refractivity contribution in [3.63, 3.8) is 0 Å². The van der Waals surface area contributed by atoms with Gasteiger partial charge in [-0.15, -0.1) is 0 Å². The molecular weight excluding hydrogens is 292 g/mol. The lowest BCUT2D eigenvalue weighted by molar-refractivity contribution is 0.0767. The average molecular weight is 310 g/mol. The van der Waals surface area contributed by atoms with Crippen molar-refractivity contribution in [1.29, 1.82) is 5.26 Å². The van der Waals surface area contributed by atoms with Gasteiger partial charge in [0.25, 0.3) is 5.91 Å². The predicted octanol–water partition coefficient (Wildman–Crippen LogP) is 2.20. The zero-order valence-corrected chi connectivity index (χ0v) is 12.9. The van der Waals surface area contributed by atoms with E-state index < -0.39 is 0 Å². The van der Waals surface area contributed by atoms with Gasteiger partial charge >= 0.3 is 0 Å². The van der Waals surface area contributed by atoms with Crippen LogP contribution in [0.1, 0.15) is 21.5 Å². The summed E-state index contributed by atoms with van der Waals surface area (Å²) in [6, 6.07) is 16.2. The van der Waals surface area contributed by atoms with E-state index in [1.54, 1.807) is 37.4 Å². The number of aliphatic hydroxyl groups excluding tert-OH is 1. The molecule has 1 amide bonds. The van der Waals surface area contributed by atoms with Crippen molar-refractivity contribution in [2.45, 2.75) is 6.61 Å². The molecule has 1 N–H and O–H groups in total. The third-order valence-corrected chi connectivity index (χ3v) is 3.42. The Morgan fingerprint density at radius 2 is 1.91 bits per heavy atom. The summed E-state index contributed by atoms with van der Waals surface area (Å²) in [6.07, 6.45) is 0. The smallest absolute Gasteiger partial charge is 0.253 e. The van der Waals surface area contributed by atoms with E-state index in [9.17, 15) is 4.79 Å². The molecule has 5 nitrogen and oxygen atoms in total. The highest BCUT2D eigenvalue weighted by Crippen LogP contribution is 2.16. The summed E-state index contributed by atoms with van der Waals surface area (Å²) in [6.45, 7) is 0.519. The maximum atomic E-state index is 12.0. The second-order valence-corrected chi connectivity index (χ2v) is 5.03. The standard InChI is InChI=1S/C18H18N2O3/c1-20(10-11-21)18(22)14-6-8-17(9-7-14)23-13-16-5-3-2-4-15(16)12-19/h2-9,21H,10-11,13H2,1H3. The van der Waals surface area contributed by atoms with Gasteiger partial charge in [0.1, 0.15) is 12.4 Å². The number of carbonyl (C=O) groups excluding carboxylic acids is 1. The van der Waals surface area contributed by atoms with Crippen LogP contribution in [-0.4, -0.2) is 36.1 Å². The first-order valence-electron chi connectivity index (χ1n) is 7.23. The molecule has 0 heterocycles. The minimum Gasteiger partial charge on any atom is -0.489 e. The molecule has 0 spiro atoms. The minimum atomic E-state index is -0.152. The van der Waals surface area contributed by atoms with E-state index in [-0.39, 0.29) is 12.5 Å². The van der Waals surface area contributed by atoms with Crippen molar-refractivity contribution >= 4 is 5.91 Å². The molecule has 0 radical (unpaired) electrons. The van der Waals surface area contributed by atoms with Crippen LogP contribution in [-0.2, 0) is 6.61 Å². The molecule has 0 aliphatic rings. The number of ether oxygens (including phenoxy) is 1. The summed E-state index contributed by atoms with van der Waals surface area (Å²) < 4.78 is 5.66. The molecule has 0 saturated heterocycles. The zero-order valence-electron chi connectivity index (χ0n) is 12.9. The lowest BCUT2D eigenvalue weighted by atomic mass is 10.1. The summed E-state index contributed by atoms with van der Waals surface area (Å²) in [4.78, 5) is 13.5. The number of benzene rings is 2. The molecule has 118 valence electrons. The van der Waals surface area contributed by atoms with E-state index >= 15 is 0 Å². The van der Waals surface area contributed by atoms with Crippen molar-refractivity contribution in [2.24, 2.45) is 0 Å². The minimum absolute atomic E-state index is 0.0677. The highest BCUT2D eigenvalue weighted by molar-refractivity contribution is 5.94. The Morgan fingerprint density at radius 3 is 2.57 bits per heavy atom. The Balaban J connectivity index is 2.00. The Labute approximate surface area is 135 Å². The number of carbonyl (C=O) groups is 1. The lowest BCUT2D eigenvalue weighted by Crippen LogP contribution is -2.29. The van der Waals surface area contributed by atoms with Crippen LogP contribution in [0.15, 0.2) is 48.5 Å². The van der Waals surface area contributed by atoms with Crippen molar-refractivity contribution in [1.82, 2.24) is 4.90 Å². The fraction of sp³-hybridized carbons (Fsp3) is 0.222. The van der Waals surface area contributed by atoms with Crippen LogP contribution < -0.4 is 4.74 Å². The first-order valence-corrected chi connectivity index (χ1v) is 7.23. The molecule has 0 aliphatic heterocycles. The van der Waals surface area contributed by atoms with Crippen molar-refractivity contribution in [2.75, 3.05) is 20.2 Å². The largest absolute Gasteiger partial charge is 0.489 e. The third-order valence-electron chi connectivity index (χ3n) is 3.42. The fourth-order valence-corrected chi connectivity index (χ4v) is 2.08. The number of hydrogen-bond acceptors (Lipinski definition) is 4. The summed E-state index contributed by atoms with van der Waals surface area (Å²) in [7, 11) is 1.64. The van der Waals surface area contributed by atoms with Gasteiger partial charge in [0.2, 0.25) is 0 Å². The summed E-state index contributed by atoms with van der Waals surface area (Å²) in [5.74, 6) is 0.472. The normalized spacial score (nSPS) is 9.96. The molecule has 2 aromatic rings. The molecule has 23 heavy (non-hydrogen) atoms. The highest BCUT2D eigenvalue weighted by Gasteiger charge is 2.11. The van der Waals surface area contributed by atoms with Crippen LogP contribution >= 0.6 is 0 Å². The molecule has 2 aromatic carbocycles. The monoisotopic (exact) mass is 310 g/mol. The second kappa shape index (κ2) is 7.97. The number of rotatable bonds is 6. The van der Waals surface area contributed by atoms with Gasteiger partial charge in [-0.3, -0.25) is 4.79 Å². The van der Waals surface area contributed by atoms with E-state index in [1.165, 1.54) is 4.90 Å². The van der Waals surface area contributed by atoms with Crippen molar-refractivity contribution < 1.29 is 14.6 Å². The predicted molar refractivity (Wildman–Crippen MR) is 86.0 cm³/mol. The molecule has 2 rings (SSSR count). The summed E-state index contributed by atoms with van der Waals surface area (Å²) in [5, 5.41) is 17.9. The molecule has 0 aliphatic carbocycles. The maximum absolute atomic E-state index is 12.0. The van der Waals surface area contributed by atoms with Gasteiger partial charge in [-0.1, -0.05) is 18.2 Å². The molecule has 0 saturated carbocycles. The Morgan fingerprint density at radius 1 is 1.22 bits per heavy atom. The van der Waals surface area contributed by atoms with E-state index in [1.807, 2.05) is 18.2 Å². The van der Waals surface area contributed by atoms with Crippen molar-refractivity contribution in [3.05, 3.63) is 65.2 Å². The molecule has 0 fully saturated rings. The first-order chi connectivity index (χ1) is 11.2. The summed E-state index contributed by atoms with van der Waals surface area (Å²) >= 11 is 0. The number of amides is 1. The summed E-state index contributed by atoms with van der Waals surface area (Å²) in [5.41, 5.74) is 1.94. The van der Waals surface area contributed by atoms with Gasteiger partial charge in [0.05, 0.1) is 18.2 Å². The molecule has 0 aromatic heterocycles. The van der Waals surface area contributed by atoms with E-state index in [2.05, 4.69) is 6.07 Å². The number of hydrogen-bond donors (Lipinski definition) is 1. The maximum Gasteiger partial charge on any atom is 0.253 e. The van der Waals surface area contributed by atoms with Crippen LogP contribution in [0, 0.1) is 11.3 Å². The van der Waals surface area contributed by atoms with Crippen molar-refractivity contribution in [3.8, 4) is 11.8 Å². The molecule has 5 heteroatoms. The highest BCUT2D eigenvalue weighted by atomic mass is 16.5. The van der Waals surface area contributed by atoms with Crippen LogP contribution in [0.5, 0.6) is 5.75 Å². The number of aliphatic hydroxyl groups is 1.